The van der Waals surface area contributed by atoms with Gasteiger partial charge in [-0.05, 0) is 65.3 Å². The molecular weight excluding hydrogens is 302 g/mol. The van der Waals surface area contributed by atoms with E-state index >= 15 is 0 Å². The molecule has 0 spiro atoms. The van der Waals surface area contributed by atoms with Crippen molar-refractivity contribution in [1.29, 1.82) is 0 Å². The first kappa shape index (κ1) is 18.2. The van der Waals surface area contributed by atoms with Crippen molar-refractivity contribution in [3.05, 3.63) is 52.7 Å². The van der Waals surface area contributed by atoms with Gasteiger partial charge >= 0.3 is 0 Å². The number of benzene rings is 1. The van der Waals surface area contributed by atoms with Gasteiger partial charge in [0.05, 0.1) is 0 Å². The average molecular weight is 337 g/mol. The van der Waals surface area contributed by atoms with E-state index in [1.807, 2.05) is 0 Å². The van der Waals surface area contributed by atoms with Gasteiger partial charge in [0, 0.05) is 17.2 Å². The van der Waals surface area contributed by atoms with Crippen LogP contribution in [0.1, 0.15) is 63.8 Å². The van der Waals surface area contributed by atoms with Crippen LogP contribution in [0.15, 0.2) is 30.5 Å². The number of nitrogens with zero attached hydrogens (tertiary/aromatic N) is 1. The maximum atomic E-state index is 2.46. The zero-order chi connectivity index (χ0) is 18.6. The third kappa shape index (κ3) is 3.52. The van der Waals surface area contributed by atoms with Gasteiger partial charge in [-0.1, -0.05) is 47.6 Å². The second kappa shape index (κ2) is 5.97. The lowest BCUT2D eigenvalue weighted by Gasteiger charge is -2.26. The predicted molar refractivity (Wildman–Crippen MR) is 107 cm³/mol. The number of fused-ring (bicyclic) bond motifs is 1. The third-order valence-corrected chi connectivity index (χ3v) is 5.98. The molecule has 1 unspecified atom stereocenters. The fourth-order valence-electron chi connectivity index (χ4n) is 4.01. The molecule has 0 amide bonds. The molecule has 134 valence electrons. The third-order valence-electron chi connectivity index (χ3n) is 5.98. The Kier molecular flexibility index (Phi) is 4.34. The van der Waals surface area contributed by atoms with Crippen molar-refractivity contribution in [2.75, 3.05) is 0 Å². The molecule has 2 aromatic rings. The maximum Gasteiger partial charge on any atom is 0.212 e. The van der Waals surface area contributed by atoms with Crippen molar-refractivity contribution >= 4 is 0 Å². The van der Waals surface area contributed by atoms with Gasteiger partial charge in [-0.25, -0.2) is 4.57 Å². The molecule has 3 rings (SSSR count). The van der Waals surface area contributed by atoms with Crippen LogP contribution in [-0.4, -0.2) is 0 Å². The van der Waals surface area contributed by atoms with Crippen molar-refractivity contribution in [2.45, 2.75) is 66.7 Å². The lowest BCUT2D eigenvalue weighted by molar-refractivity contribution is -0.661. The molecule has 1 heteroatoms. The molecule has 0 saturated carbocycles. The molecule has 1 aliphatic rings. The van der Waals surface area contributed by atoms with E-state index in [1.165, 1.54) is 35.2 Å². The van der Waals surface area contributed by atoms with Gasteiger partial charge in [-0.15, -0.1) is 0 Å². The van der Waals surface area contributed by atoms with Gasteiger partial charge < -0.3 is 0 Å². The largest absolute Gasteiger partial charge is 0.212 e. The summed E-state index contributed by atoms with van der Waals surface area (Å²) in [5.74, 6) is 0.758. The molecular formula is C24H34N+. The number of aromatic nitrogens is 1. The number of aryl methyl sites for hydroxylation is 2. The normalized spacial score (nSPS) is 17.7. The van der Waals surface area contributed by atoms with Crippen LogP contribution in [0.25, 0.3) is 11.3 Å². The topological polar surface area (TPSA) is 3.88 Å². The van der Waals surface area contributed by atoms with Crippen molar-refractivity contribution in [2.24, 2.45) is 18.4 Å². The minimum atomic E-state index is 0.184. The fraction of sp³-hybridized carbons (Fsp3) is 0.542. The first-order valence-electron chi connectivity index (χ1n) is 9.60. The first-order chi connectivity index (χ1) is 11.5. The van der Waals surface area contributed by atoms with Crippen LogP contribution in [0.2, 0.25) is 0 Å². The molecule has 1 aliphatic carbocycles. The van der Waals surface area contributed by atoms with Crippen LogP contribution < -0.4 is 4.57 Å². The molecule has 0 bridgehead atoms. The highest BCUT2D eigenvalue weighted by Crippen LogP contribution is 2.40. The van der Waals surface area contributed by atoms with E-state index in [1.54, 1.807) is 11.1 Å². The summed E-state index contributed by atoms with van der Waals surface area (Å²) in [6.07, 6.45) is 4.74. The zero-order valence-electron chi connectivity index (χ0n) is 17.3. The first-order valence-corrected chi connectivity index (χ1v) is 9.60. The van der Waals surface area contributed by atoms with Gasteiger partial charge in [0.2, 0.25) is 5.69 Å². The molecule has 1 atom stereocenters. The highest BCUT2D eigenvalue weighted by molar-refractivity contribution is 5.64. The summed E-state index contributed by atoms with van der Waals surface area (Å²) in [4.78, 5) is 0. The van der Waals surface area contributed by atoms with Crippen molar-refractivity contribution < 1.29 is 4.57 Å². The monoisotopic (exact) mass is 336 g/mol. The Hall–Kier alpha value is -1.63. The molecule has 0 saturated heterocycles. The van der Waals surface area contributed by atoms with E-state index in [0.717, 1.165) is 5.92 Å². The van der Waals surface area contributed by atoms with Crippen LogP contribution in [0, 0.1) is 18.3 Å². The molecule has 0 N–H and O–H groups in total. The minimum absolute atomic E-state index is 0.184. The van der Waals surface area contributed by atoms with E-state index < -0.39 is 0 Å². The predicted octanol–water partition coefficient (Wildman–Crippen LogP) is 5.54. The second-order valence-corrected chi connectivity index (χ2v) is 10.1. The second-order valence-electron chi connectivity index (χ2n) is 10.1. The van der Waals surface area contributed by atoms with E-state index in [4.69, 9.17) is 0 Å². The number of hydrogen-bond donors (Lipinski definition) is 0. The summed E-state index contributed by atoms with van der Waals surface area (Å²) in [5, 5.41) is 0. The highest BCUT2D eigenvalue weighted by atomic mass is 14.9. The van der Waals surface area contributed by atoms with E-state index in [9.17, 15) is 0 Å². The summed E-state index contributed by atoms with van der Waals surface area (Å²) in [6, 6.07) is 9.49. The van der Waals surface area contributed by atoms with Crippen molar-refractivity contribution in [3.8, 4) is 11.3 Å². The minimum Gasteiger partial charge on any atom is -0.201 e. The Balaban J connectivity index is 2.01. The average Bonchev–Trinajstić information content (AvgIpc) is 2.88. The molecule has 1 nitrogen and oxygen atoms in total. The summed E-state index contributed by atoms with van der Waals surface area (Å²) in [7, 11) is 2.18. The lowest BCUT2D eigenvalue weighted by Crippen LogP contribution is -2.33. The summed E-state index contributed by atoms with van der Waals surface area (Å²) >= 11 is 0. The van der Waals surface area contributed by atoms with Gasteiger partial charge in [-0.3, -0.25) is 0 Å². The Morgan fingerprint density at radius 2 is 1.52 bits per heavy atom. The van der Waals surface area contributed by atoms with Crippen LogP contribution in [0.3, 0.4) is 0 Å². The maximum absolute atomic E-state index is 2.46. The molecule has 1 aromatic heterocycles. The van der Waals surface area contributed by atoms with Gasteiger partial charge in [0.25, 0.3) is 0 Å². The quantitative estimate of drug-likeness (QED) is 0.602. The molecule has 0 radical (unpaired) electrons. The van der Waals surface area contributed by atoms with Crippen LogP contribution >= 0.6 is 0 Å². The SMILES string of the molecule is Cc1cc2c(cc1-c1ccc(C(C)(C)C)c[n+]1C)CC(C(C)(C)C)C2. The van der Waals surface area contributed by atoms with Crippen LogP contribution in [0.5, 0.6) is 0 Å². The Morgan fingerprint density at radius 1 is 0.920 bits per heavy atom. The van der Waals surface area contributed by atoms with E-state index in [-0.39, 0.29) is 5.41 Å². The van der Waals surface area contributed by atoms with Gasteiger partial charge in [-0.2, -0.15) is 0 Å². The highest BCUT2D eigenvalue weighted by Gasteiger charge is 2.32. The standard InChI is InChI=1S/C24H34N/c1-16-11-17-12-20(24(5,6)7)13-18(17)14-21(16)22-10-9-19(15-25(22)8)23(2,3)4/h9-11,14-15,20H,12-13H2,1-8H3/q+1. The van der Waals surface area contributed by atoms with Gasteiger partial charge in [0.15, 0.2) is 6.20 Å². The summed E-state index contributed by atoms with van der Waals surface area (Å²) in [5.41, 5.74) is 9.16. The van der Waals surface area contributed by atoms with Crippen LogP contribution in [0.4, 0.5) is 0 Å². The molecule has 1 heterocycles. The number of pyridine rings is 1. The summed E-state index contributed by atoms with van der Waals surface area (Å²) < 4.78 is 2.30. The number of hydrogen-bond acceptors (Lipinski definition) is 0. The Morgan fingerprint density at radius 3 is 2.04 bits per heavy atom. The fourth-order valence-corrected chi connectivity index (χ4v) is 4.01. The number of rotatable bonds is 1. The lowest BCUT2D eigenvalue weighted by atomic mass is 9.79. The molecule has 1 aromatic carbocycles. The molecule has 0 fully saturated rings. The van der Waals surface area contributed by atoms with E-state index in [0.29, 0.717) is 5.41 Å². The Labute approximate surface area is 154 Å². The smallest absolute Gasteiger partial charge is 0.201 e. The molecule has 25 heavy (non-hydrogen) atoms. The summed E-state index contributed by atoms with van der Waals surface area (Å²) in [6.45, 7) is 16.2. The Bertz CT molecular complexity index is 800. The van der Waals surface area contributed by atoms with Crippen molar-refractivity contribution in [1.82, 2.24) is 0 Å². The van der Waals surface area contributed by atoms with Crippen molar-refractivity contribution in [3.63, 3.8) is 0 Å². The zero-order valence-corrected chi connectivity index (χ0v) is 17.3. The van der Waals surface area contributed by atoms with Crippen LogP contribution in [-0.2, 0) is 25.3 Å². The van der Waals surface area contributed by atoms with E-state index in [2.05, 4.69) is 90.5 Å². The van der Waals surface area contributed by atoms with Gasteiger partial charge in [0.1, 0.15) is 7.05 Å². The molecule has 0 aliphatic heterocycles.